The fourth-order valence-corrected chi connectivity index (χ4v) is 0.371. The van der Waals surface area contributed by atoms with Crippen molar-refractivity contribution in [3.8, 4) is 0 Å². The Hall–Kier alpha value is -0.860. The molecule has 0 aromatic heterocycles. The van der Waals surface area contributed by atoms with Crippen LogP contribution in [-0.2, 0) is 4.79 Å². The van der Waals surface area contributed by atoms with Gasteiger partial charge in [-0.3, -0.25) is 4.79 Å². The molecule has 0 radical (unpaired) electrons. The zero-order chi connectivity index (χ0) is 7.28. The standard InChI is InChI=1S/C6H9FO2/c1-2-5(7)3-4-6(8)9/h2H,3-4H2,1H3,(H,8,9). The SMILES string of the molecule is CC=C(F)CCC(=O)O. The minimum absolute atomic E-state index is 0.00579. The van der Waals surface area contributed by atoms with Gasteiger partial charge in [-0.2, -0.15) is 0 Å². The summed E-state index contributed by atoms with van der Waals surface area (Å²) in [7, 11) is 0. The van der Waals surface area contributed by atoms with Crippen LogP contribution in [0.3, 0.4) is 0 Å². The second kappa shape index (κ2) is 4.06. The lowest BCUT2D eigenvalue weighted by Crippen LogP contribution is -1.93. The van der Waals surface area contributed by atoms with Crippen molar-refractivity contribution in [2.24, 2.45) is 0 Å². The Bertz CT molecular complexity index is 129. The van der Waals surface area contributed by atoms with Crippen molar-refractivity contribution in [1.82, 2.24) is 0 Å². The van der Waals surface area contributed by atoms with Crippen molar-refractivity contribution in [3.05, 3.63) is 11.9 Å². The summed E-state index contributed by atoms with van der Waals surface area (Å²) in [6.45, 7) is 1.54. The first-order chi connectivity index (χ1) is 4.16. The average molecular weight is 132 g/mol. The van der Waals surface area contributed by atoms with Crippen LogP contribution in [0.2, 0.25) is 0 Å². The molecule has 3 heteroatoms. The van der Waals surface area contributed by atoms with Crippen molar-refractivity contribution < 1.29 is 14.3 Å². The summed E-state index contributed by atoms with van der Waals surface area (Å²) in [6.07, 6.45) is 1.14. The first-order valence-electron chi connectivity index (χ1n) is 2.69. The smallest absolute Gasteiger partial charge is 0.303 e. The van der Waals surface area contributed by atoms with E-state index in [1.54, 1.807) is 0 Å². The van der Waals surface area contributed by atoms with Gasteiger partial charge in [0.1, 0.15) is 0 Å². The van der Waals surface area contributed by atoms with Crippen LogP contribution in [0.25, 0.3) is 0 Å². The van der Waals surface area contributed by atoms with Gasteiger partial charge in [-0.25, -0.2) is 4.39 Å². The summed E-state index contributed by atoms with van der Waals surface area (Å²) in [6, 6.07) is 0. The fraction of sp³-hybridized carbons (Fsp3) is 0.500. The predicted octanol–water partition coefficient (Wildman–Crippen LogP) is 1.72. The van der Waals surface area contributed by atoms with Crippen LogP contribution in [0.4, 0.5) is 4.39 Å². The molecule has 2 nitrogen and oxygen atoms in total. The highest BCUT2D eigenvalue weighted by molar-refractivity contribution is 5.66. The highest BCUT2D eigenvalue weighted by Crippen LogP contribution is 2.04. The highest BCUT2D eigenvalue weighted by Gasteiger charge is 1.98. The van der Waals surface area contributed by atoms with E-state index in [1.807, 2.05) is 0 Å². The van der Waals surface area contributed by atoms with Gasteiger partial charge in [0.05, 0.1) is 12.2 Å². The van der Waals surface area contributed by atoms with Crippen LogP contribution in [0, 0.1) is 0 Å². The third-order valence-electron chi connectivity index (χ3n) is 0.891. The summed E-state index contributed by atoms with van der Waals surface area (Å²) in [5.74, 6) is -1.33. The largest absolute Gasteiger partial charge is 0.481 e. The fourth-order valence-electron chi connectivity index (χ4n) is 0.371. The number of allylic oxidation sites excluding steroid dienone is 2. The number of aliphatic carboxylic acids is 1. The normalized spacial score (nSPS) is 11.6. The number of carboxylic acid groups (broad SMARTS) is 1. The van der Waals surface area contributed by atoms with Crippen LogP contribution in [0.15, 0.2) is 11.9 Å². The molecule has 0 unspecified atom stereocenters. The molecule has 0 spiro atoms. The zero-order valence-corrected chi connectivity index (χ0v) is 5.22. The van der Waals surface area contributed by atoms with Crippen molar-refractivity contribution >= 4 is 5.97 Å². The van der Waals surface area contributed by atoms with Crippen LogP contribution in [0.5, 0.6) is 0 Å². The van der Waals surface area contributed by atoms with Gasteiger partial charge in [-0.15, -0.1) is 0 Å². The first kappa shape index (κ1) is 8.14. The molecule has 0 aliphatic rings. The molecule has 0 bridgehead atoms. The van der Waals surface area contributed by atoms with E-state index in [1.165, 1.54) is 13.0 Å². The zero-order valence-electron chi connectivity index (χ0n) is 5.22. The summed E-state index contributed by atoms with van der Waals surface area (Å²) >= 11 is 0. The number of hydrogen-bond acceptors (Lipinski definition) is 1. The molecule has 0 aliphatic carbocycles. The van der Waals surface area contributed by atoms with Crippen LogP contribution >= 0.6 is 0 Å². The molecule has 52 valence electrons. The van der Waals surface area contributed by atoms with Gasteiger partial charge < -0.3 is 5.11 Å². The van der Waals surface area contributed by atoms with Gasteiger partial charge in [-0.1, -0.05) is 6.08 Å². The number of hydrogen-bond donors (Lipinski definition) is 1. The van der Waals surface area contributed by atoms with E-state index in [0.29, 0.717) is 0 Å². The number of carbonyl (C=O) groups is 1. The van der Waals surface area contributed by atoms with Crippen LogP contribution in [-0.4, -0.2) is 11.1 Å². The first-order valence-corrected chi connectivity index (χ1v) is 2.69. The minimum Gasteiger partial charge on any atom is -0.481 e. The van der Waals surface area contributed by atoms with Gasteiger partial charge in [0.15, 0.2) is 0 Å². The molecule has 0 aromatic carbocycles. The van der Waals surface area contributed by atoms with E-state index >= 15 is 0 Å². The molecular formula is C6H9FO2. The van der Waals surface area contributed by atoms with Gasteiger partial charge in [0.25, 0.3) is 0 Å². The molecule has 0 heterocycles. The molecule has 0 aliphatic heterocycles. The van der Waals surface area contributed by atoms with Crippen molar-refractivity contribution in [2.75, 3.05) is 0 Å². The lowest BCUT2D eigenvalue weighted by Gasteiger charge is -1.89. The monoisotopic (exact) mass is 132 g/mol. The van der Waals surface area contributed by atoms with E-state index in [0.717, 1.165) is 0 Å². The minimum atomic E-state index is -0.966. The van der Waals surface area contributed by atoms with Crippen molar-refractivity contribution in [1.29, 1.82) is 0 Å². The lowest BCUT2D eigenvalue weighted by atomic mass is 10.3. The predicted molar refractivity (Wildman–Crippen MR) is 31.7 cm³/mol. The molecule has 0 amide bonds. The van der Waals surface area contributed by atoms with Crippen molar-refractivity contribution in [2.45, 2.75) is 19.8 Å². The highest BCUT2D eigenvalue weighted by atomic mass is 19.1. The summed E-state index contributed by atoms with van der Waals surface area (Å²) < 4.78 is 12.1. The van der Waals surface area contributed by atoms with Crippen LogP contribution in [0.1, 0.15) is 19.8 Å². The van der Waals surface area contributed by atoms with E-state index in [9.17, 15) is 9.18 Å². The topological polar surface area (TPSA) is 37.3 Å². The third-order valence-corrected chi connectivity index (χ3v) is 0.891. The Labute approximate surface area is 53.0 Å². The van der Waals surface area contributed by atoms with Crippen molar-refractivity contribution in [3.63, 3.8) is 0 Å². The molecule has 0 saturated heterocycles. The maximum Gasteiger partial charge on any atom is 0.303 e. The molecule has 0 saturated carbocycles. The molecule has 0 rings (SSSR count). The Kier molecular flexibility index (Phi) is 3.67. The quantitative estimate of drug-likeness (QED) is 0.634. The number of rotatable bonds is 3. The Balaban J connectivity index is 3.39. The lowest BCUT2D eigenvalue weighted by molar-refractivity contribution is -0.137. The van der Waals surface area contributed by atoms with Gasteiger partial charge >= 0.3 is 5.97 Å². The van der Waals surface area contributed by atoms with Gasteiger partial charge in [-0.05, 0) is 6.92 Å². The molecule has 9 heavy (non-hydrogen) atoms. The average Bonchev–Trinajstić information content (AvgIpc) is 1.83. The van der Waals surface area contributed by atoms with E-state index in [4.69, 9.17) is 5.11 Å². The Morgan fingerprint density at radius 3 is 2.56 bits per heavy atom. The summed E-state index contributed by atoms with van der Waals surface area (Å²) in [5.41, 5.74) is 0. The molecule has 0 aromatic rings. The second-order valence-electron chi connectivity index (χ2n) is 1.63. The Morgan fingerprint density at radius 2 is 2.22 bits per heavy atom. The van der Waals surface area contributed by atoms with Gasteiger partial charge in [0.2, 0.25) is 0 Å². The molecule has 0 fully saturated rings. The maximum absolute atomic E-state index is 12.1. The maximum atomic E-state index is 12.1. The van der Waals surface area contributed by atoms with Gasteiger partial charge in [0, 0.05) is 6.42 Å². The number of halogens is 1. The third kappa shape index (κ3) is 5.00. The Morgan fingerprint density at radius 1 is 1.67 bits per heavy atom. The molecular weight excluding hydrogens is 123 g/mol. The molecule has 1 N–H and O–H groups in total. The van der Waals surface area contributed by atoms with E-state index < -0.39 is 5.97 Å². The van der Waals surface area contributed by atoms with E-state index in [2.05, 4.69) is 0 Å². The molecule has 0 atom stereocenters. The summed E-state index contributed by atoms with van der Waals surface area (Å²) in [5, 5.41) is 8.06. The van der Waals surface area contributed by atoms with E-state index in [-0.39, 0.29) is 18.7 Å². The van der Waals surface area contributed by atoms with Crippen LogP contribution < -0.4 is 0 Å². The second-order valence-corrected chi connectivity index (χ2v) is 1.63. The number of carboxylic acids is 1. The summed E-state index contributed by atoms with van der Waals surface area (Å²) in [4.78, 5) is 9.83.